The average molecular weight is 367 g/mol. The molecule has 0 saturated heterocycles. The summed E-state index contributed by atoms with van der Waals surface area (Å²) in [6, 6.07) is 12.8. The van der Waals surface area contributed by atoms with Crippen LogP contribution in [0.15, 0.2) is 47.6 Å². The number of nitrogens with zero attached hydrogens (tertiary/aromatic N) is 2. The lowest BCUT2D eigenvalue weighted by Gasteiger charge is -2.07. The summed E-state index contributed by atoms with van der Waals surface area (Å²) in [6.07, 6.45) is 0. The van der Waals surface area contributed by atoms with Crippen LogP contribution in [-0.4, -0.2) is 20.6 Å². The summed E-state index contributed by atoms with van der Waals surface area (Å²) >= 11 is 13.6. The van der Waals surface area contributed by atoms with Crippen LogP contribution in [0.2, 0.25) is 10.0 Å². The van der Waals surface area contributed by atoms with Crippen LogP contribution in [-0.2, 0) is 17.1 Å². The monoisotopic (exact) mass is 366 g/mol. The molecule has 0 radical (unpaired) electrons. The van der Waals surface area contributed by atoms with E-state index < -0.39 is 5.97 Å². The van der Waals surface area contributed by atoms with Crippen molar-refractivity contribution in [3.63, 3.8) is 0 Å². The fourth-order valence-corrected chi connectivity index (χ4v) is 3.71. The van der Waals surface area contributed by atoms with Crippen molar-refractivity contribution in [1.29, 1.82) is 0 Å². The molecule has 4 nitrogen and oxygen atoms in total. The molecule has 1 heterocycles. The molecule has 0 bridgehead atoms. The Balaban J connectivity index is 1.92. The molecule has 3 aromatic rings. The standard InChI is InChI=1S/C16H12Cl2N2O2S/c17-11-5-6-12(18)10(7-11)9-23-16-19-13-3-1-2-4-14(13)20(16)8-15(21)22/h1-7H,8-9H2,(H,21,22). The molecular weight excluding hydrogens is 355 g/mol. The van der Waals surface area contributed by atoms with Gasteiger partial charge in [0, 0.05) is 15.8 Å². The molecule has 0 aliphatic heterocycles. The van der Waals surface area contributed by atoms with Gasteiger partial charge in [-0.2, -0.15) is 0 Å². The first-order valence-electron chi connectivity index (χ1n) is 6.78. The SMILES string of the molecule is O=C(O)Cn1c(SCc2cc(Cl)ccc2Cl)nc2ccccc21. The van der Waals surface area contributed by atoms with Gasteiger partial charge in [0.15, 0.2) is 5.16 Å². The van der Waals surface area contributed by atoms with E-state index in [4.69, 9.17) is 28.3 Å². The number of aromatic nitrogens is 2. The molecule has 0 unspecified atom stereocenters. The summed E-state index contributed by atoms with van der Waals surface area (Å²) in [5.41, 5.74) is 2.46. The van der Waals surface area contributed by atoms with E-state index >= 15 is 0 Å². The molecule has 0 fully saturated rings. The molecule has 1 aromatic heterocycles. The summed E-state index contributed by atoms with van der Waals surface area (Å²) in [4.78, 5) is 15.7. The Morgan fingerprint density at radius 3 is 2.78 bits per heavy atom. The third-order valence-corrected chi connectivity index (χ3v) is 4.91. The first kappa shape index (κ1) is 16.2. The first-order valence-corrected chi connectivity index (χ1v) is 8.52. The second-order valence-electron chi connectivity index (χ2n) is 4.89. The average Bonchev–Trinajstić information content (AvgIpc) is 2.86. The van der Waals surface area contributed by atoms with E-state index in [0.29, 0.717) is 21.0 Å². The molecule has 2 aromatic carbocycles. The Kier molecular flexibility index (Phi) is 4.80. The maximum Gasteiger partial charge on any atom is 0.323 e. The minimum absolute atomic E-state index is 0.133. The predicted molar refractivity (Wildman–Crippen MR) is 93.4 cm³/mol. The fourth-order valence-electron chi connectivity index (χ4n) is 2.25. The minimum atomic E-state index is -0.907. The summed E-state index contributed by atoms with van der Waals surface area (Å²) in [5, 5.41) is 11.0. The molecule has 0 amide bonds. The van der Waals surface area contributed by atoms with Crippen molar-refractivity contribution in [3.8, 4) is 0 Å². The zero-order valence-corrected chi connectivity index (χ0v) is 14.2. The van der Waals surface area contributed by atoms with Gasteiger partial charge in [0.1, 0.15) is 6.54 Å². The molecular formula is C16H12Cl2N2O2S. The van der Waals surface area contributed by atoms with Crippen LogP contribution in [0, 0.1) is 0 Å². The van der Waals surface area contributed by atoms with Crippen LogP contribution in [0.25, 0.3) is 11.0 Å². The first-order chi connectivity index (χ1) is 11.0. The van der Waals surface area contributed by atoms with Crippen LogP contribution in [0.5, 0.6) is 0 Å². The Morgan fingerprint density at radius 2 is 2.00 bits per heavy atom. The van der Waals surface area contributed by atoms with Crippen molar-refractivity contribution in [3.05, 3.63) is 58.1 Å². The van der Waals surface area contributed by atoms with E-state index in [9.17, 15) is 4.79 Å². The van der Waals surface area contributed by atoms with Crippen molar-refractivity contribution in [2.75, 3.05) is 0 Å². The lowest BCUT2D eigenvalue weighted by Crippen LogP contribution is -2.09. The van der Waals surface area contributed by atoms with Crippen molar-refractivity contribution >= 4 is 52.0 Å². The van der Waals surface area contributed by atoms with Crippen LogP contribution >= 0.6 is 35.0 Å². The van der Waals surface area contributed by atoms with Crippen LogP contribution in [0.3, 0.4) is 0 Å². The zero-order chi connectivity index (χ0) is 16.4. The lowest BCUT2D eigenvalue weighted by atomic mass is 10.2. The summed E-state index contributed by atoms with van der Waals surface area (Å²) in [6.45, 7) is -0.133. The molecule has 0 atom stereocenters. The van der Waals surface area contributed by atoms with Gasteiger partial charge >= 0.3 is 5.97 Å². The number of halogens is 2. The van der Waals surface area contributed by atoms with Gasteiger partial charge in [-0.3, -0.25) is 4.79 Å². The van der Waals surface area contributed by atoms with Gasteiger partial charge in [0.25, 0.3) is 0 Å². The Bertz CT molecular complexity index is 880. The summed E-state index contributed by atoms with van der Waals surface area (Å²) < 4.78 is 1.70. The number of thioether (sulfide) groups is 1. The van der Waals surface area contributed by atoms with Gasteiger partial charge in [0.2, 0.25) is 0 Å². The number of hydrogen-bond donors (Lipinski definition) is 1. The van der Waals surface area contributed by atoms with Gasteiger partial charge in [0.05, 0.1) is 11.0 Å². The normalized spacial score (nSPS) is 11.0. The molecule has 118 valence electrons. The number of para-hydroxylation sites is 2. The highest BCUT2D eigenvalue weighted by Crippen LogP contribution is 2.30. The smallest absolute Gasteiger partial charge is 0.323 e. The number of aliphatic carboxylic acids is 1. The number of carboxylic acid groups (broad SMARTS) is 1. The van der Waals surface area contributed by atoms with Gasteiger partial charge in [-0.25, -0.2) is 4.98 Å². The van der Waals surface area contributed by atoms with E-state index in [0.717, 1.165) is 16.6 Å². The number of rotatable bonds is 5. The maximum atomic E-state index is 11.1. The zero-order valence-electron chi connectivity index (χ0n) is 11.9. The largest absolute Gasteiger partial charge is 0.480 e. The number of carboxylic acids is 1. The Morgan fingerprint density at radius 1 is 1.22 bits per heavy atom. The molecule has 3 rings (SSSR count). The van der Waals surface area contributed by atoms with Crippen molar-refractivity contribution in [2.24, 2.45) is 0 Å². The molecule has 0 spiro atoms. The van der Waals surface area contributed by atoms with E-state index in [1.54, 1.807) is 22.8 Å². The number of hydrogen-bond acceptors (Lipinski definition) is 3. The van der Waals surface area contributed by atoms with Crippen molar-refractivity contribution < 1.29 is 9.90 Å². The highest BCUT2D eigenvalue weighted by molar-refractivity contribution is 7.98. The Hall–Kier alpha value is -1.69. The molecule has 0 aliphatic rings. The second-order valence-corrected chi connectivity index (χ2v) is 6.67. The van der Waals surface area contributed by atoms with Gasteiger partial charge in [-0.05, 0) is 35.9 Å². The third-order valence-electron chi connectivity index (χ3n) is 3.28. The highest BCUT2D eigenvalue weighted by atomic mass is 35.5. The predicted octanol–water partition coefficient (Wildman–Crippen LogP) is 4.72. The molecule has 0 aliphatic carbocycles. The van der Waals surface area contributed by atoms with Crippen LogP contribution in [0.1, 0.15) is 5.56 Å². The molecule has 7 heteroatoms. The minimum Gasteiger partial charge on any atom is -0.480 e. The fraction of sp³-hybridized carbons (Fsp3) is 0.125. The molecule has 1 N–H and O–H groups in total. The van der Waals surface area contributed by atoms with Crippen LogP contribution < -0.4 is 0 Å². The van der Waals surface area contributed by atoms with Crippen LogP contribution in [0.4, 0.5) is 0 Å². The molecule has 23 heavy (non-hydrogen) atoms. The van der Waals surface area contributed by atoms with E-state index in [-0.39, 0.29) is 6.54 Å². The van der Waals surface area contributed by atoms with Crippen molar-refractivity contribution in [2.45, 2.75) is 17.5 Å². The van der Waals surface area contributed by atoms with E-state index in [2.05, 4.69) is 4.98 Å². The second kappa shape index (κ2) is 6.83. The highest BCUT2D eigenvalue weighted by Gasteiger charge is 2.14. The topological polar surface area (TPSA) is 55.1 Å². The van der Waals surface area contributed by atoms with E-state index in [1.165, 1.54) is 11.8 Å². The molecule has 0 saturated carbocycles. The number of carbonyl (C=O) groups is 1. The summed E-state index contributed by atoms with van der Waals surface area (Å²) in [5.74, 6) is -0.349. The third kappa shape index (κ3) is 3.63. The van der Waals surface area contributed by atoms with Gasteiger partial charge in [-0.15, -0.1) is 0 Å². The number of imidazole rings is 1. The van der Waals surface area contributed by atoms with Gasteiger partial charge < -0.3 is 9.67 Å². The number of fused-ring (bicyclic) bond motifs is 1. The van der Waals surface area contributed by atoms with Gasteiger partial charge in [-0.1, -0.05) is 47.1 Å². The lowest BCUT2D eigenvalue weighted by molar-refractivity contribution is -0.137. The number of benzene rings is 2. The summed E-state index contributed by atoms with van der Waals surface area (Å²) in [7, 11) is 0. The quantitative estimate of drug-likeness (QED) is 0.663. The Labute approximate surface area is 147 Å². The van der Waals surface area contributed by atoms with Crippen molar-refractivity contribution in [1.82, 2.24) is 9.55 Å². The maximum absolute atomic E-state index is 11.1. The van der Waals surface area contributed by atoms with E-state index in [1.807, 2.05) is 24.3 Å².